The zero-order valence-corrected chi connectivity index (χ0v) is 8.71. The van der Waals surface area contributed by atoms with Crippen LogP contribution in [0, 0.1) is 11.6 Å². The summed E-state index contributed by atoms with van der Waals surface area (Å²) in [7, 11) is 0. The van der Waals surface area contributed by atoms with Crippen molar-refractivity contribution in [2.75, 3.05) is 0 Å². The molecule has 0 aliphatic carbocycles. The standard InChI is InChI=1S/C11H9F2N3O/c12-8-2-1-3-9(13)7(8)4-15-11(17)10-5-14-6-16-10/h1-3,5-6H,4H2,(H,14,16)(H,15,17). The molecule has 2 N–H and O–H groups in total. The lowest BCUT2D eigenvalue weighted by Gasteiger charge is -2.05. The fraction of sp³-hybridized carbons (Fsp3) is 0.0909. The monoisotopic (exact) mass is 237 g/mol. The topological polar surface area (TPSA) is 57.8 Å². The third kappa shape index (κ3) is 2.47. The van der Waals surface area contributed by atoms with Gasteiger partial charge < -0.3 is 10.3 Å². The quantitative estimate of drug-likeness (QED) is 0.852. The third-order valence-electron chi connectivity index (χ3n) is 2.22. The second kappa shape index (κ2) is 4.73. The van der Waals surface area contributed by atoms with Gasteiger partial charge in [0.2, 0.25) is 0 Å². The van der Waals surface area contributed by atoms with Gasteiger partial charge in [-0.3, -0.25) is 4.79 Å². The molecule has 17 heavy (non-hydrogen) atoms. The van der Waals surface area contributed by atoms with E-state index in [0.29, 0.717) is 0 Å². The van der Waals surface area contributed by atoms with Crippen LogP contribution in [-0.2, 0) is 6.54 Å². The fourth-order valence-corrected chi connectivity index (χ4v) is 1.34. The molecule has 0 spiro atoms. The maximum atomic E-state index is 13.2. The molecule has 0 saturated heterocycles. The number of aromatic amines is 1. The number of carbonyl (C=O) groups excluding carboxylic acids is 1. The Balaban J connectivity index is 2.06. The molecular weight excluding hydrogens is 228 g/mol. The molecule has 2 rings (SSSR count). The summed E-state index contributed by atoms with van der Waals surface area (Å²) in [4.78, 5) is 17.8. The van der Waals surface area contributed by atoms with Gasteiger partial charge in [0.25, 0.3) is 5.91 Å². The van der Waals surface area contributed by atoms with Gasteiger partial charge in [-0.15, -0.1) is 0 Å². The summed E-state index contributed by atoms with van der Waals surface area (Å²) in [6.45, 7) is -0.218. The Bertz CT molecular complexity index is 505. The van der Waals surface area contributed by atoms with Gasteiger partial charge in [0, 0.05) is 18.3 Å². The number of halogens is 2. The molecule has 0 saturated carbocycles. The number of imidazole rings is 1. The molecule has 1 heterocycles. The molecule has 0 aliphatic heterocycles. The maximum absolute atomic E-state index is 13.2. The summed E-state index contributed by atoms with van der Waals surface area (Å²) in [5.41, 5.74) is -0.00173. The van der Waals surface area contributed by atoms with Crippen molar-refractivity contribution in [2.45, 2.75) is 6.54 Å². The average Bonchev–Trinajstić information content (AvgIpc) is 2.81. The van der Waals surface area contributed by atoms with Crippen molar-refractivity contribution in [1.29, 1.82) is 0 Å². The number of amides is 1. The Hall–Kier alpha value is -2.24. The SMILES string of the molecule is O=C(NCc1c(F)cccc1F)c1c[nH]cn1. The predicted molar refractivity (Wildman–Crippen MR) is 56.1 cm³/mol. The van der Waals surface area contributed by atoms with E-state index in [1.165, 1.54) is 18.6 Å². The summed E-state index contributed by atoms with van der Waals surface area (Å²) in [6, 6.07) is 3.54. The van der Waals surface area contributed by atoms with Crippen molar-refractivity contribution >= 4 is 5.91 Å². The summed E-state index contributed by atoms with van der Waals surface area (Å²) >= 11 is 0. The highest BCUT2D eigenvalue weighted by atomic mass is 19.1. The van der Waals surface area contributed by atoms with E-state index >= 15 is 0 Å². The first-order valence-electron chi connectivity index (χ1n) is 4.88. The predicted octanol–water partition coefficient (Wildman–Crippen LogP) is 1.62. The van der Waals surface area contributed by atoms with Crippen molar-refractivity contribution in [2.24, 2.45) is 0 Å². The number of carbonyl (C=O) groups is 1. The highest BCUT2D eigenvalue weighted by Crippen LogP contribution is 2.11. The number of benzene rings is 1. The summed E-state index contributed by atoms with van der Waals surface area (Å²) in [6.07, 6.45) is 2.74. The number of rotatable bonds is 3. The van der Waals surface area contributed by atoms with Gasteiger partial charge in [0.1, 0.15) is 17.3 Å². The van der Waals surface area contributed by atoms with Crippen molar-refractivity contribution in [1.82, 2.24) is 15.3 Å². The van der Waals surface area contributed by atoms with Gasteiger partial charge >= 0.3 is 0 Å². The van der Waals surface area contributed by atoms with Crippen molar-refractivity contribution in [3.8, 4) is 0 Å². The minimum Gasteiger partial charge on any atom is -0.350 e. The second-order valence-corrected chi connectivity index (χ2v) is 3.34. The normalized spacial score (nSPS) is 10.2. The number of H-pyrrole nitrogens is 1. The number of aromatic nitrogens is 2. The molecule has 2 aromatic rings. The van der Waals surface area contributed by atoms with Crippen LogP contribution in [0.5, 0.6) is 0 Å². The molecule has 88 valence electrons. The molecule has 0 atom stereocenters. The lowest BCUT2D eigenvalue weighted by atomic mass is 10.2. The second-order valence-electron chi connectivity index (χ2n) is 3.34. The average molecular weight is 237 g/mol. The van der Waals surface area contributed by atoms with Gasteiger partial charge in [-0.25, -0.2) is 13.8 Å². The molecule has 1 aromatic heterocycles. The minimum absolute atomic E-state index is 0.168. The van der Waals surface area contributed by atoms with Crippen LogP contribution in [0.3, 0.4) is 0 Å². The molecule has 4 nitrogen and oxygen atoms in total. The van der Waals surface area contributed by atoms with Gasteiger partial charge in [-0.2, -0.15) is 0 Å². The zero-order chi connectivity index (χ0) is 12.3. The molecule has 0 aliphatic rings. The summed E-state index contributed by atoms with van der Waals surface area (Å²) in [5.74, 6) is -1.87. The number of hydrogen-bond donors (Lipinski definition) is 2. The van der Waals surface area contributed by atoms with Gasteiger partial charge in [-0.05, 0) is 12.1 Å². The number of nitrogens with zero attached hydrogens (tertiary/aromatic N) is 1. The van der Waals surface area contributed by atoms with Crippen molar-refractivity contribution in [3.63, 3.8) is 0 Å². The highest BCUT2D eigenvalue weighted by molar-refractivity contribution is 5.91. The van der Waals surface area contributed by atoms with Crippen LogP contribution in [0.4, 0.5) is 8.78 Å². The van der Waals surface area contributed by atoms with E-state index in [-0.39, 0.29) is 17.8 Å². The van der Waals surface area contributed by atoms with Crippen LogP contribution in [-0.4, -0.2) is 15.9 Å². The van der Waals surface area contributed by atoms with Crippen molar-refractivity contribution < 1.29 is 13.6 Å². The van der Waals surface area contributed by atoms with E-state index in [2.05, 4.69) is 15.3 Å². The van der Waals surface area contributed by atoms with Crippen LogP contribution in [0.1, 0.15) is 16.1 Å². The van der Waals surface area contributed by atoms with Crippen LogP contribution in [0.2, 0.25) is 0 Å². The van der Waals surface area contributed by atoms with E-state index in [1.807, 2.05) is 0 Å². The van der Waals surface area contributed by atoms with Gasteiger partial charge in [0.15, 0.2) is 0 Å². The first kappa shape index (κ1) is 11.3. The Labute approximate surface area is 95.7 Å². The van der Waals surface area contributed by atoms with Crippen LogP contribution >= 0.6 is 0 Å². The maximum Gasteiger partial charge on any atom is 0.271 e. The molecular formula is C11H9F2N3O. The van der Waals surface area contributed by atoms with Crippen LogP contribution in [0.25, 0.3) is 0 Å². The van der Waals surface area contributed by atoms with Gasteiger partial charge in [-0.1, -0.05) is 6.07 Å². The van der Waals surface area contributed by atoms with Crippen LogP contribution < -0.4 is 5.32 Å². The van der Waals surface area contributed by atoms with E-state index in [1.54, 1.807) is 0 Å². The summed E-state index contributed by atoms with van der Waals surface area (Å²) in [5, 5.41) is 2.38. The lowest BCUT2D eigenvalue weighted by molar-refractivity contribution is 0.0946. The molecule has 1 aromatic carbocycles. The third-order valence-corrected chi connectivity index (χ3v) is 2.22. The number of nitrogens with one attached hydrogen (secondary N) is 2. The molecule has 0 radical (unpaired) electrons. The largest absolute Gasteiger partial charge is 0.350 e. The van der Waals surface area contributed by atoms with E-state index < -0.39 is 17.5 Å². The first-order valence-corrected chi connectivity index (χ1v) is 4.88. The fourth-order valence-electron chi connectivity index (χ4n) is 1.34. The Morgan fingerprint density at radius 1 is 1.35 bits per heavy atom. The molecule has 0 bridgehead atoms. The molecule has 1 amide bonds. The molecule has 0 unspecified atom stereocenters. The smallest absolute Gasteiger partial charge is 0.271 e. The van der Waals surface area contributed by atoms with Crippen LogP contribution in [0.15, 0.2) is 30.7 Å². The first-order chi connectivity index (χ1) is 8.18. The highest BCUT2D eigenvalue weighted by Gasteiger charge is 2.11. The Kier molecular flexibility index (Phi) is 3.13. The summed E-state index contributed by atoms with van der Waals surface area (Å²) < 4.78 is 26.5. The van der Waals surface area contributed by atoms with Crippen molar-refractivity contribution in [3.05, 3.63) is 53.6 Å². The van der Waals surface area contributed by atoms with E-state index in [9.17, 15) is 13.6 Å². The van der Waals surface area contributed by atoms with E-state index in [4.69, 9.17) is 0 Å². The number of hydrogen-bond acceptors (Lipinski definition) is 2. The zero-order valence-electron chi connectivity index (χ0n) is 8.71. The Morgan fingerprint density at radius 3 is 2.65 bits per heavy atom. The minimum atomic E-state index is -0.688. The molecule has 6 heteroatoms. The van der Waals surface area contributed by atoms with Gasteiger partial charge in [0.05, 0.1) is 6.33 Å². The Morgan fingerprint density at radius 2 is 2.06 bits per heavy atom. The lowest BCUT2D eigenvalue weighted by Crippen LogP contribution is -2.24. The molecule has 0 fully saturated rings. The van der Waals surface area contributed by atoms with E-state index in [0.717, 1.165) is 12.1 Å².